The highest BCUT2D eigenvalue weighted by molar-refractivity contribution is 9.10. The Balaban J connectivity index is 1.93. The Morgan fingerprint density at radius 2 is 1.94 bits per heavy atom. The van der Waals surface area contributed by atoms with Crippen LogP contribution < -0.4 is 10.6 Å². The third kappa shape index (κ3) is 5.02. The summed E-state index contributed by atoms with van der Waals surface area (Å²) in [6.45, 7) is 4.31. The lowest BCUT2D eigenvalue weighted by atomic mass is 9.94. The zero-order chi connectivity index (χ0) is 23.3. The maximum atomic E-state index is 12.8. The van der Waals surface area contributed by atoms with Gasteiger partial charge in [0.1, 0.15) is 0 Å². The van der Waals surface area contributed by atoms with Gasteiger partial charge in [0.2, 0.25) is 0 Å². The Hall–Kier alpha value is -3.13. The molecule has 0 spiro atoms. The highest BCUT2D eigenvalue weighted by Gasteiger charge is 2.36. The molecular formula is C24H26BrN3O4. The van der Waals surface area contributed by atoms with E-state index < -0.39 is 12.0 Å². The molecule has 0 aliphatic carbocycles. The van der Waals surface area contributed by atoms with E-state index in [9.17, 15) is 14.4 Å². The van der Waals surface area contributed by atoms with Crippen molar-refractivity contribution in [3.8, 4) is 0 Å². The first-order valence-corrected chi connectivity index (χ1v) is 11.2. The van der Waals surface area contributed by atoms with Gasteiger partial charge in [-0.15, -0.1) is 0 Å². The molecule has 2 N–H and O–H groups in total. The van der Waals surface area contributed by atoms with Crippen LogP contribution in [0.4, 0.5) is 10.5 Å². The highest BCUT2D eigenvalue weighted by atomic mass is 79.9. The van der Waals surface area contributed by atoms with Crippen LogP contribution in [-0.4, -0.2) is 36.5 Å². The average Bonchev–Trinajstić information content (AvgIpc) is 2.78. The number of unbranched alkanes of at least 4 members (excludes halogenated alkanes) is 1. The number of nitrogens with zero attached hydrogens (tertiary/aromatic N) is 1. The van der Waals surface area contributed by atoms with Crippen molar-refractivity contribution < 1.29 is 19.1 Å². The number of benzene rings is 2. The molecule has 0 radical (unpaired) electrons. The lowest BCUT2D eigenvalue weighted by Gasteiger charge is -2.35. The van der Waals surface area contributed by atoms with Crippen molar-refractivity contribution in [2.75, 3.05) is 19.0 Å². The smallest absolute Gasteiger partial charge is 0.337 e. The summed E-state index contributed by atoms with van der Waals surface area (Å²) in [5.74, 6) is -0.774. The van der Waals surface area contributed by atoms with Crippen LogP contribution in [-0.2, 0) is 9.53 Å². The quantitative estimate of drug-likeness (QED) is 0.523. The monoisotopic (exact) mass is 499 g/mol. The van der Waals surface area contributed by atoms with Crippen LogP contribution in [0.1, 0.15) is 48.7 Å². The molecule has 8 heteroatoms. The second-order valence-corrected chi connectivity index (χ2v) is 8.29. The first kappa shape index (κ1) is 23.5. The highest BCUT2D eigenvalue weighted by Crippen LogP contribution is 2.32. The second-order valence-electron chi connectivity index (χ2n) is 7.44. The van der Waals surface area contributed by atoms with Crippen LogP contribution in [0.3, 0.4) is 0 Å². The van der Waals surface area contributed by atoms with Crippen molar-refractivity contribution in [1.29, 1.82) is 0 Å². The normalized spacial score (nSPS) is 15.9. The van der Waals surface area contributed by atoms with Crippen molar-refractivity contribution in [2.24, 2.45) is 0 Å². The van der Waals surface area contributed by atoms with E-state index >= 15 is 0 Å². The molecule has 32 heavy (non-hydrogen) atoms. The topological polar surface area (TPSA) is 87.7 Å². The summed E-state index contributed by atoms with van der Waals surface area (Å²) in [6, 6.07) is 13.3. The Labute approximate surface area is 195 Å². The number of carbonyl (C=O) groups excluding carboxylic acids is 3. The molecule has 1 heterocycles. The zero-order valence-electron chi connectivity index (χ0n) is 18.3. The minimum atomic E-state index is -0.687. The second kappa shape index (κ2) is 10.5. The molecule has 2 aromatic carbocycles. The Bertz CT molecular complexity index is 1070. The maximum Gasteiger partial charge on any atom is 0.337 e. The predicted molar refractivity (Wildman–Crippen MR) is 126 cm³/mol. The van der Waals surface area contributed by atoms with Gasteiger partial charge in [0.15, 0.2) is 0 Å². The van der Waals surface area contributed by atoms with Gasteiger partial charge in [-0.05, 0) is 59.1 Å². The minimum absolute atomic E-state index is 0.267. The molecule has 0 saturated heterocycles. The van der Waals surface area contributed by atoms with Crippen molar-refractivity contribution in [3.05, 3.63) is 75.4 Å². The number of hydrogen-bond acceptors (Lipinski definition) is 4. The Morgan fingerprint density at radius 3 is 2.62 bits per heavy atom. The van der Waals surface area contributed by atoms with Gasteiger partial charge in [0.25, 0.3) is 5.91 Å². The van der Waals surface area contributed by atoms with Gasteiger partial charge in [0, 0.05) is 22.4 Å². The first-order chi connectivity index (χ1) is 15.4. The third-order valence-electron chi connectivity index (χ3n) is 5.33. The summed E-state index contributed by atoms with van der Waals surface area (Å²) in [6.07, 6.45) is 1.74. The van der Waals surface area contributed by atoms with Crippen molar-refractivity contribution in [2.45, 2.75) is 32.7 Å². The number of ether oxygens (including phenoxy) is 1. The molecule has 0 fully saturated rings. The van der Waals surface area contributed by atoms with Crippen molar-refractivity contribution >= 4 is 39.5 Å². The number of rotatable bonds is 7. The Kier molecular flexibility index (Phi) is 7.69. The van der Waals surface area contributed by atoms with Gasteiger partial charge < -0.3 is 15.4 Å². The van der Waals surface area contributed by atoms with Crippen LogP contribution in [0.2, 0.25) is 0 Å². The van der Waals surface area contributed by atoms with Crippen LogP contribution in [0.15, 0.2) is 64.3 Å². The van der Waals surface area contributed by atoms with Crippen LogP contribution in [0.5, 0.6) is 0 Å². The van der Waals surface area contributed by atoms with E-state index in [0.717, 1.165) is 12.8 Å². The van der Waals surface area contributed by atoms with Crippen LogP contribution in [0.25, 0.3) is 0 Å². The van der Waals surface area contributed by atoms with Gasteiger partial charge in [-0.25, -0.2) is 9.59 Å². The van der Waals surface area contributed by atoms with E-state index in [1.54, 1.807) is 54.3 Å². The fourth-order valence-electron chi connectivity index (χ4n) is 3.63. The number of esters is 1. The summed E-state index contributed by atoms with van der Waals surface area (Å²) in [5, 5.41) is 5.79. The van der Waals surface area contributed by atoms with Gasteiger partial charge in [-0.2, -0.15) is 0 Å². The standard InChI is InChI=1S/C24H26BrN3O4/c1-4-5-13-28-15(2)20(23(30)32-3)21(27-24(28)31)16-9-8-10-17(14-16)26-22(29)18-11-6-7-12-19(18)25/h6-12,14,21H,4-5,13H2,1-3H3,(H,26,29)(H,27,31)/t21-/m1/s1. The number of allylic oxidation sites excluding steroid dienone is 1. The van der Waals surface area contributed by atoms with Gasteiger partial charge in [-0.3, -0.25) is 9.69 Å². The number of urea groups is 1. The van der Waals surface area contributed by atoms with E-state index in [2.05, 4.69) is 26.6 Å². The molecule has 0 saturated carbocycles. The first-order valence-electron chi connectivity index (χ1n) is 10.4. The number of nitrogens with one attached hydrogen (secondary N) is 2. The SMILES string of the molecule is CCCCN1C(=O)N[C@H](c2cccc(NC(=O)c3ccccc3Br)c2)C(C(=O)OC)=C1C. The summed E-state index contributed by atoms with van der Waals surface area (Å²) < 4.78 is 5.70. The van der Waals surface area contributed by atoms with Gasteiger partial charge in [-0.1, -0.05) is 37.6 Å². The van der Waals surface area contributed by atoms with E-state index in [0.29, 0.717) is 39.1 Å². The summed E-state index contributed by atoms with van der Waals surface area (Å²) in [4.78, 5) is 39.7. The van der Waals surface area contributed by atoms with Crippen LogP contribution >= 0.6 is 15.9 Å². The lowest BCUT2D eigenvalue weighted by Crippen LogP contribution is -2.48. The molecule has 2 aromatic rings. The minimum Gasteiger partial charge on any atom is -0.466 e. The van der Waals surface area contributed by atoms with Crippen molar-refractivity contribution in [3.63, 3.8) is 0 Å². The number of carbonyl (C=O) groups is 3. The van der Waals surface area contributed by atoms with Crippen LogP contribution in [0, 0.1) is 0 Å². The van der Waals surface area contributed by atoms with Gasteiger partial charge >= 0.3 is 12.0 Å². The van der Waals surface area contributed by atoms with E-state index in [4.69, 9.17) is 4.74 Å². The molecule has 1 aliphatic heterocycles. The molecule has 7 nitrogen and oxygen atoms in total. The largest absolute Gasteiger partial charge is 0.466 e. The van der Waals surface area contributed by atoms with E-state index in [-0.39, 0.29) is 11.9 Å². The maximum absolute atomic E-state index is 12.8. The summed E-state index contributed by atoms with van der Waals surface area (Å²) in [7, 11) is 1.32. The molecule has 1 aliphatic rings. The molecule has 3 rings (SSSR count). The van der Waals surface area contributed by atoms with E-state index in [1.165, 1.54) is 7.11 Å². The number of methoxy groups -OCH3 is 1. The molecule has 0 aromatic heterocycles. The predicted octanol–water partition coefficient (Wildman–Crippen LogP) is 5.01. The molecule has 3 amide bonds. The molecular weight excluding hydrogens is 474 g/mol. The lowest BCUT2D eigenvalue weighted by molar-refractivity contribution is -0.136. The van der Waals surface area contributed by atoms with Crippen molar-refractivity contribution in [1.82, 2.24) is 10.2 Å². The third-order valence-corrected chi connectivity index (χ3v) is 6.02. The fraction of sp³-hybridized carbons (Fsp3) is 0.292. The average molecular weight is 500 g/mol. The fourth-order valence-corrected chi connectivity index (χ4v) is 4.10. The van der Waals surface area contributed by atoms with E-state index in [1.807, 2.05) is 13.0 Å². The molecule has 0 unspecified atom stereocenters. The zero-order valence-corrected chi connectivity index (χ0v) is 19.9. The van der Waals surface area contributed by atoms with Gasteiger partial charge in [0.05, 0.1) is 24.3 Å². The number of halogens is 1. The molecule has 168 valence electrons. The number of hydrogen-bond donors (Lipinski definition) is 2. The Morgan fingerprint density at radius 1 is 1.19 bits per heavy atom. The number of anilines is 1. The number of amides is 3. The summed E-state index contributed by atoms with van der Waals surface area (Å²) >= 11 is 3.39. The molecule has 0 bridgehead atoms. The molecule has 1 atom stereocenters. The summed E-state index contributed by atoms with van der Waals surface area (Å²) in [5.41, 5.74) is 2.66.